The maximum atomic E-state index is 12.7. The molecule has 8 heteroatoms. The van der Waals surface area contributed by atoms with Crippen LogP contribution in [0.4, 0.5) is 0 Å². The Morgan fingerprint density at radius 2 is 1.86 bits per heavy atom. The molecule has 0 unspecified atom stereocenters. The molecule has 2 N–H and O–H groups in total. The number of fused-ring (bicyclic) bond motifs is 1. The van der Waals surface area contributed by atoms with E-state index < -0.39 is 5.91 Å². The summed E-state index contributed by atoms with van der Waals surface area (Å²) in [6, 6.07) is 15.8. The SMILES string of the molecule is CN(C(=O)COc1ccc(C=NNC(=O)c2ccc(O)c(Cl)c2)c2ccccc12)C1CCCCC1. The molecule has 0 radical (unpaired) electrons. The van der Waals surface area contributed by atoms with E-state index in [1.54, 1.807) is 12.3 Å². The van der Waals surface area contributed by atoms with Crippen molar-refractivity contribution in [2.75, 3.05) is 13.7 Å². The Morgan fingerprint density at radius 1 is 1.11 bits per heavy atom. The monoisotopic (exact) mass is 493 g/mol. The number of nitrogens with one attached hydrogen (secondary N) is 1. The molecular weight excluding hydrogens is 466 g/mol. The van der Waals surface area contributed by atoms with Gasteiger partial charge in [0.15, 0.2) is 6.61 Å². The van der Waals surface area contributed by atoms with E-state index in [4.69, 9.17) is 16.3 Å². The second kappa shape index (κ2) is 11.2. The van der Waals surface area contributed by atoms with Gasteiger partial charge in [-0.2, -0.15) is 5.10 Å². The van der Waals surface area contributed by atoms with Gasteiger partial charge in [0.25, 0.3) is 11.8 Å². The number of phenols is 1. The van der Waals surface area contributed by atoms with Crippen LogP contribution >= 0.6 is 11.6 Å². The zero-order valence-corrected chi connectivity index (χ0v) is 20.3. The zero-order valence-electron chi connectivity index (χ0n) is 19.5. The van der Waals surface area contributed by atoms with E-state index in [1.165, 1.54) is 37.5 Å². The number of hydrogen-bond donors (Lipinski definition) is 2. The van der Waals surface area contributed by atoms with E-state index in [0.717, 1.165) is 29.2 Å². The average molecular weight is 494 g/mol. The van der Waals surface area contributed by atoms with Gasteiger partial charge in [0.05, 0.1) is 11.2 Å². The van der Waals surface area contributed by atoms with Crippen molar-refractivity contribution in [3.63, 3.8) is 0 Å². The number of hydrazone groups is 1. The average Bonchev–Trinajstić information content (AvgIpc) is 2.89. The van der Waals surface area contributed by atoms with Crippen molar-refractivity contribution in [3.05, 3.63) is 70.7 Å². The van der Waals surface area contributed by atoms with Gasteiger partial charge in [0.2, 0.25) is 0 Å². The molecule has 1 aliphatic rings. The van der Waals surface area contributed by atoms with Gasteiger partial charge in [-0.3, -0.25) is 9.59 Å². The summed E-state index contributed by atoms with van der Waals surface area (Å²) in [4.78, 5) is 26.8. The fourth-order valence-electron chi connectivity index (χ4n) is 4.32. The van der Waals surface area contributed by atoms with Crippen LogP contribution in [-0.4, -0.2) is 47.7 Å². The smallest absolute Gasteiger partial charge is 0.271 e. The number of aromatic hydroxyl groups is 1. The van der Waals surface area contributed by atoms with Crippen molar-refractivity contribution in [3.8, 4) is 11.5 Å². The summed E-state index contributed by atoms with van der Waals surface area (Å²) in [5.41, 5.74) is 3.53. The molecule has 35 heavy (non-hydrogen) atoms. The topological polar surface area (TPSA) is 91.2 Å². The van der Waals surface area contributed by atoms with E-state index in [1.807, 2.05) is 42.3 Å². The first-order valence-corrected chi connectivity index (χ1v) is 12.0. The molecule has 0 atom stereocenters. The van der Waals surface area contributed by atoms with Gasteiger partial charge in [-0.15, -0.1) is 0 Å². The summed E-state index contributed by atoms with van der Waals surface area (Å²) >= 11 is 5.87. The first-order valence-electron chi connectivity index (χ1n) is 11.7. The van der Waals surface area contributed by atoms with Crippen molar-refractivity contribution >= 4 is 40.4 Å². The third kappa shape index (κ3) is 5.92. The minimum absolute atomic E-state index is 0.0182. The normalized spacial score (nSPS) is 14.2. The second-order valence-electron chi connectivity index (χ2n) is 8.65. The Labute approximate surface area is 209 Å². The van der Waals surface area contributed by atoms with Crippen LogP contribution < -0.4 is 10.2 Å². The number of hydrogen-bond acceptors (Lipinski definition) is 5. The number of carbonyl (C=O) groups is 2. The lowest BCUT2D eigenvalue weighted by molar-refractivity contribution is -0.134. The van der Waals surface area contributed by atoms with Crippen LogP contribution in [0.25, 0.3) is 10.8 Å². The Morgan fingerprint density at radius 3 is 2.60 bits per heavy atom. The molecule has 3 aromatic rings. The van der Waals surface area contributed by atoms with Crippen LogP contribution in [-0.2, 0) is 4.79 Å². The van der Waals surface area contributed by atoms with E-state index in [0.29, 0.717) is 11.8 Å². The predicted molar refractivity (Wildman–Crippen MR) is 137 cm³/mol. The third-order valence-electron chi connectivity index (χ3n) is 6.36. The lowest BCUT2D eigenvalue weighted by atomic mass is 9.94. The number of benzene rings is 3. The molecule has 3 aromatic carbocycles. The van der Waals surface area contributed by atoms with Gasteiger partial charge in [0.1, 0.15) is 11.5 Å². The highest BCUT2D eigenvalue weighted by atomic mass is 35.5. The number of carbonyl (C=O) groups excluding carboxylic acids is 2. The maximum Gasteiger partial charge on any atom is 0.271 e. The van der Waals surface area contributed by atoms with Gasteiger partial charge < -0.3 is 14.7 Å². The van der Waals surface area contributed by atoms with Gasteiger partial charge >= 0.3 is 0 Å². The maximum absolute atomic E-state index is 12.7. The quantitative estimate of drug-likeness (QED) is 0.352. The summed E-state index contributed by atoms with van der Waals surface area (Å²) < 4.78 is 5.93. The van der Waals surface area contributed by atoms with Crippen LogP contribution in [0.3, 0.4) is 0 Å². The Balaban J connectivity index is 1.44. The minimum atomic E-state index is -0.451. The summed E-state index contributed by atoms with van der Waals surface area (Å²) in [5, 5.41) is 15.4. The lowest BCUT2D eigenvalue weighted by Crippen LogP contribution is -2.40. The summed E-state index contributed by atoms with van der Waals surface area (Å²) in [6.07, 6.45) is 7.23. The number of likely N-dealkylation sites (N-methyl/N-ethyl adjacent to an activating group) is 1. The molecular formula is C27H28ClN3O4. The number of ether oxygens (including phenoxy) is 1. The largest absolute Gasteiger partial charge is 0.506 e. The molecule has 4 rings (SSSR count). The highest BCUT2D eigenvalue weighted by molar-refractivity contribution is 6.32. The van der Waals surface area contributed by atoms with Crippen molar-refractivity contribution < 1.29 is 19.4 Å². The molecule has 0 saturated heterocycles. The van der Waals surface area contributed by atoms with Crippen molar-refractivity contribution in [2.45, 2.75) is 38.1 Å². The van der Waals surface area contributed by atoms with Gasteiger partial charge in [-0.25, -0.2) is 5.43 Å². The molecule has 182 valence electrons. The Bertz CT molecular complexity index is 1250. The lowest BCUT2D eigenvalue weighted by Gasteiger charge is -2.31. The number of rotatable bonds is 7. The molecule has 0 bridgehead atoms. The summed E-state index contributed by atoms with van der Waals surface area (Å²) in [7, 11) is 1.86. The minimum Gasteiger partial charge on any atom is -0.506 e. The summed E-state index contributed by atoms with van der Waals surface area (Å²) in [6.45, 7) is -0.0182. The van der Waals surface area contributed by atoms with Crippen molar-refractivity contribution in [1.82, 2.24) is 10.3 Å². The predicted octanol–water partition coefficient (Wildman–Crippen LogP) is 5.13. The van der Waals surface area contributed by atoms with Crippen LogP contribution in [0.5, 0.6) is 11.5 Å². The van der Waals surface area contributed by atoms with Crippen LogP contribution in [0.1, 0.15) is 48.0 Å². The molecule has 0 aromatic heterocycles. The molecule has 7 nitrogen and oxygen atoms in total. The number of amides is 2. The van der Waals surface area contributed by atoms with Crippen molar-refractivity contribution in [1.29, 1.82) is 0 Å². The summed E-state index contributed by atoms with van der Waals surface area (Å²) in [5.74, 6) is 0.0467. The molecule has 1 aliphatic carbocycles. The Hall–Kier alpha value is -3.58. The van der Waals surface area contributed by atoms with E-state index >= 15 is 0 Å². The number of halogens is 1. The van der Waals surface area contributed by atoms with E-state index in [2.05, 4.69) is 10.5 Å². The van der Waals surface area contributed by atoms with Gasteiger partial charge in [-0.1, -0.05) is 55.1 Å². The second-order valence-corrected chi connectivity index (χ2v) is 9.06. The third-order valence-corrected chi connectivity index (χ3v) is 6.67. The highest BCUT2D eigenvalue weighted by Crippen LogP contribution is 2.28. The molecule has 1 fully saturated rings. The van der Waals surface area contributed by atoms with Crippen LogP contribution in [0.15, 0.2) is 59.7 Å². The van der Waals surface area contributed by atoms with E-state index in [-0.39, 0.29) is 28.8 Å². The van der Waals surface area contributed by atoms with E-state index in [9.17, 15) is 14.7 Å². The number of nitrogens with zero attached hydrogens (tertiary/aromatic N) is 2. The molecule has 2 amide bonds. The molecule has 0 aliphatic heterocycles. The zero-order chi connectivity index (χ0) is 24.8. The molecule has 1 saturated carbocycles. The van der Waals surface area contributed by atoms with Crippen molar-refractivity contribution in [2.24, 2.45) is 5.10 Å². The Kier molecular flexibility index (Phi) is 7.87. The van der Waals surface area contributed by atoms with Gasteiger partial charge in [0, 0.05) is 29.6 Å². The van der Waals surface area contributed by atoms with Gasteiger partial charge in [-0.05, 0) is 48.6 Å². The van der Waals surface area contributed by atoms with Crippen LogP contribution in [0.2, 0.25) is 5.02 Å². The first-order chi connectivity index (χ1) is 16.9. The standard InChI is InChI=1S/C27H28ClN3O4/c1-31(20-7-3-2-4-8-20)26(33)17-35-25-14-12-19(21-9-5-6-10-22(21)25)16-29-30-27(34)18-11-13-24(32)23(28)15-18/h5-6,9-16,20,32H,2-4,7-8,17H2,1H3,(H,30,34). The number of phenolic OH excluding ortho intramolecular Hbond substituents is 1. The fraction of sp³-hybridized carbons (Fsp3) is 0.296. The highest BCUT2D eigenvalue weighted by Gasteiger charge is 2.22. The fourth-order valence-corrected chi connectivity index (χ4v) is 4.50. The molecule has 0 heterocycles. The molecule has 0 spiro atoms. The van der Waals surface area contributed by atoms with Crippen LogP contribution in [0, 0.1) is 0 Å². The first kappa shape index (κ1) is 24.5.